The molecule has 2 N–H and O–H groups in total. The minimum atomic E-state index is -1.02. The second-order valence-corrected chi connectivity index (χ2v) is 5.12. The average Bonchev–Trinajstić information content (AvgIpc) is 2.61. The fourth-order valence-electron chi connectivity index (χ4n) is 2.13. The van der Waals surface area contributed by atoms with E-state index in [0.29, 0.717) is 36.8 Å². The van der Waals surface area contributed by atoms with Gasteiger partial charge >= 0.3 is 5.97 Å². The molecule has 1 heterocycles. The predicted molar refractivity (Wildman–Crippen MR) is 91.0 cm³/mol. The fraction of sp³-hybridized carbons (Fsp3) is 0.278. The summed E-state index contributed by atoms with van der Waals surface area (Å²) in [6.07, 6.45) is 2.21. The van der Waals surface area contributed by atoms with Gasteiger partial charge in [0.25, 0.3) is 5.91 Å². The van der Waals surface area contributed by atoms with E-state index in [1.165, 1.54) is 0 Å². The molecule has 0 saturated heterocycles. The molecular formula is C18H20N2O5. The Labute approximate surface area is 145 Å². The fourth-order valence-corrected chi connectivity index (χ4v) is 2.13. The van der Waals surface area contributed by atoms with Crippen LogP contribution in [0, 0.1) is 0 Å². The van der Waals surface area contributed by atoms with E-state index in [9.17, 15) is 9.59 Å². The highest BCUT2D eigenvalue weighted by molar-refractivity contribution is 5.96. The molecule has 2 rings (SSSR count). The lowest BCUT2D eigenvalue weighted by Gasteiger charge is -2.09. The highest BCUT2D eigenvalue weighted by Gasteiger charge is 2.12. The maximum absolute atomic E-state index is 12.2. The van der Waals surface area contributed by atoms with E-state index in [1.54, 1.807) is 30.5 Å². The number of hydrogen-bond donors (Lipinski definition) is 2. The number of rotatable bonds is 9. The molecule has 132 valence electrons. The molecule has 0 aliphatic carbocycles. The van der Waals surface area contributed by atoms with Crippen LogP contribution in [0.25, 0.3) is 0 Å². The average molecular weight is 344 g/mol. The summed E-state index contributed by atoms with van der Waals surface area (Å²) in [6.45, 7) is 2.35. The monoisotopic (exact) mass is 344 g/mol. The minimum Gasteiger partial charge on any atom is -0.482 e. The smallest absolute Gasteiger partial charge is 0.341 e. The van der Waals surface area contributed by atoms with Crippen molar-refractivity contribution in [3.05, 3.63) is 53.7 Å². The molecule has 0 radical (unpaired) electrons. The van der Waals surface area contributed by atoms with Gasteiger partial charge in [-0.2, -0.15) is 0 Å². The Morgan fingerprint density at radius 2 is 1.92 bits per heavy atom. The summed E-state index contributed by atoms with van der Waals surface area (Å²) in [6, 6.07) is 10.4. The van der Waals surface area contributed by atoms with Gasteiger partial charge < -0.3 is 19.9 Å². The quantitative estimate of drug-likeness (QED) is 0.721. The molecule has 1 aromatic heterocycles. The highest BCUT2D eigenvalue weighted by atomic mass is 16.5. The molecule has 0 unspecified atom stereocenters. The number of pyridine rings is 1. The SMILES string of the molecule is CCOc1ncccc1C(=O)NCCc1ccc(OCC(=O)O)cc1. The predicted octanol–water partition coefficient (Wildman–Crippen LogP) is 1.92. The summed E-state index contributed by atoms with van der Waals surface area (Å²) in [4.78, 5) is 26.7. The van der Waals surface area contributed by atoms with Crippen LogP contribution in [0.3, 0.4) is 0 Å². The van der Waals surface area contributed by atoms with Crippen LogP contribution in [-0.4, -0.2) is 41.7 Å². The van der Waals surface area contributed by atoms with E-state index in [2.05, 4.69) is 10.3 Å². The van der Waals surface area contributed by atoms with Crippen LogP contribution in [0.15, 0.2) is 42.6 Å². The zero-order valence-corrected chi connectivity index (χ0v) is 13.9. The van der Waals surface area contributed by atoms with Crippen LogP contribution in [-0.2, 0) is 11.2 Å². The van der Waals surface area contributed by atoms with Crippen molar-refractivity contribution in [3.8, 4) is 11.6 Å². The Balaban J connectivity index is 1.84. The Morgan fingerprint density at radius 3 is 2.60 bits per heavy atom. The van der Waals surface area contributed by atoms with Crippen LogP contribution in [0.1, 0.15) is 22.8 Å². The summed E-state index contributed by atoms with van der Waals surface area (Å²) in [5.41, 5.74) is 1.40. The van der Waals surface area contributed by atoms with Crippen molar-refractivity contribution >= 4 is 11.9 Å². The van der Waals surface area contributed by atoms with Crippen molar-refractivity contribution in [2.75, 3.05) is 19.8 Å². The Hall–Kier alpha value is -3.09. The second kappa shape index (κ2) is 9.27. The van der Waals surface area contributed by atoms with E-state index in [1.807, 2.05) is 19.1 Å². The lowest BCUT2D eigenvalue weighted by molar-refractivity contribution is -0.139. The number of hydrogen-bond acceptors (Lipinski definition) is 5. The van der Waals surface area contributed by atoms with Crippen LogP contribution >= 0.6 is 0 Å². The van der Waals surface area contributed by atoms with Gasteiger partial charge in [0.2, 0.25) is 5.88 Å². The van der Waals surface area contributed by atoms with Gasteiger partial charge in [0, 0.05) is 12.7 Å². The first-order valence-electron chi connectivity index (χ1n) is 7.89. The van der Waals surface area contributed by atoms with Gasteiger partial charge in [-0.1, -0.05) is 12.1 Å². The van der Waals surface area contributed by atoms with Crippen molar-refractivity contribution in [1.82, 2.24) is 10.3 Å². The number of ether oxygens (including phenoxy) is 2. The van der Waals surface area contributed by atoms with Crippen molar-refractivity contribution in [2.24, 2.45) is 0 Å². The number of nitrogens with one attached hydrogen (secondary N) is 1. The first-order chi connectivity index (χ1) is 12.1. The van der Waals surface area contributed by atoms with E-state index in [-0.39, 0.29) is 12.5 Å². The lowest BCUT2D eigenvalue weighted by atomic mass is 10.1. The third-order valence-corrected chi connectivity index (χ3v) is 3.28. The van der Waals surface area contributed by atoms with Gasteiger partial charge in [-0.3, -0.25) is 4.79 Å². The molecular weight excluding hydrogens is 324 g/mol. The summed E-state index contributed by atoms with van der Waals surface area (Å²) < 4.78 is 10.4. The van der Waals surface area contributed by atoms with E-state index < -0.39 is 5.97 Å². The molecule has 2 aromatic rings. The zero-order valence-electron chi connectivity index (χ0n) is 13.9. The van der Waals surface area contributed by atoms with Gasteiger partial charge in [0.05, 0.1) is 6.61 Å². The minimum absolute atomic E-state index is 0.238. The van der Waals surface area contributed by atoms with Crippen LogP contribution in [0.2, 0.25) is 0 Å². The summed E-state index contributed by atoms with van der Waals surface area (Å²) in [5, 5.41) is 11.4. The Kier molecular flexibility index (Phi) is 6.76. The number of carbonyl (C=O) groups is 2. The summed E-state index contributed by atoms with van der Waals surface area (Å²) in [7, 11) is 0. The topological polar surface area (TPSA) is 97.8 Å². The normalized spacial score (nSPS) is 10.1. The molecule has 25 heavy (non-hydrogen) atoms. The van der Waals surface area contributed by atoms with Gasteiger partial charge in [-0.25, -0.2) is 9.78 Å². The van der Waals surface area contributed by atoms with Crippen molar-refractivity contribution < 1.29 is 24.2 Å². The molecule has 1 aromatic carbocycles. The van der Waals surface area contributed by atoms with E-state index in [0.717, 1.165) is 5.56 Å². The largest absolute Gasteiger partial charge is 0.482 e. The molecule has 7 nitrogen and oxygen atoms in total. The highest BCUT2D eigenvalue weighted by Crippen LogP contribution is 2.14. The Bertz CT molecular complexity index is 716. The van der Waals surface area contributed by atoms with Gasteiger partial charge in [0.15, 0.2) is 6.61 Å². The van der Waals surface area contributed by atoms with Crippen LogP contribution in [0.5, 0.6) is 11.6 Å². The third kappa shape index (κ3) is 5.80. The molecule has 0 atom stereocenters. The molecule has 0 saturated carbocycles. The lowest BCUT2D eigenvalue weighted by Crippen LogP contribution is -2.26. The third-order valence-electron chi connectivity index (χ3n) is 3.28. The van der Waals surface area contributed by atoms with E-state index in [4.69, 9.17) is 14.6 Å². The Morgan fingerprint density at radius 1 is 1.16 bits per heavy atom. The van der Waals surface area contributed by atoms with Crippen LogP contribution < -0.4 is 14.8 Å². The molecule has 0 spiro atoms. The van der Waals surface area contributed by atoms with Crippen molar-refractivity contribution in [3.63, 3.8) is 0 Å². The molecule has 7 heteroatoms. The molecule has 0 aliphatic rings. The zero-order chi connectivity index (χ0) is 18.1. The first-order valence-corrected chi connectivity index (χ1v) is 7.89. The number of benzene rings is 1. The molecule has 0 aliphatic heterocycles. The number of aliphatic carboxylic acids is 1. The summed E-state index contributed by atoms with van der Waals surface area (Å²) >= 11 is 0. The standard InChI is InChI=1S/C18H20N2O5/c1-2-24-18-15(4-3-10-20-18)17(23)19-11-9-13-5-7-14(8-6-13)25-12-16(21)22/h3-8,10H,2,9,11-12H2,1H3,(H,19,23)(H,21,22). The maximum atomic E-state index is 12.2. The number of amides is 1. The van der Waals surface area contributed by atoms with Gasteiger partial charge in [0.1, 0.15) is 11.3 Å². The van der Waals surface area contributed by atoms with E-state index >= 15 is 0 Å². The molecule has 0 bridgehead atoms. The van der Waals surface area contributed by atoms with Crippen molar-refractivity contribution in [2.45, 2.75) is 13.3 Å². The van der Waals surface area contributed by atoms with Gasteiger partial charge in [-0.05, 0) is 43.2 Å². The number of carboxylic acids is 1. The maximum Gasteiger partial charge on any atom is 0.341 e. The number of aromatic nitrogens is 1. The van der Waals surface area contributed by atoms with Crippen molar-refractivity contribution in [1.29, 1.82) is 0 Å². The van der Waals surface area contributed by atoms with Gasteiger partial charge in [-0.15, -0.1) is 0 Å². The number of carbonyl (C=O) groups excluding carboxylic acids is 1. The number of nitrogens with zero attached hydrogens (tertiary/aromatic N) is 1. The molecule has 0 fully saturated rings. The molecule has 1 amide bonds. The van der Waals surface area contributed by atoms with Crippen LogP contribution in [0.4, 0.5) is 0 Å². The number of carboxylic acid groups (broad SMARTS) is 1. The first kappa shape index (κ1) is 18.3. The second-order valence-electron chi connectivity index (χ2n) is 5.12. The summed E-state index contributed by atoms with van der Waals surface area (Å²) in [5.74, 6) is -0.444.